The first-order valence-electron chi connectivity index (χ1n) is 9.84. The number of methoxy groups -OCH3 is 4. The first-order valence-corrected chi connectivity index (χ1v) is 10.7. The molecule has 33 heavy (non-hydrogen) atoms. The van der Waals surface area contributed by atoms with Crippen LogP contribution in [-0.4, -0.2) is 43.0 Å². The van der Waals surface area contributed by atoms with E-state index in [1.165, 1.54) is 7.11 Å². The number of nitrogens with zero attached hydrogens (tertiary/aromatic N) is 3. The highest BCUT2D eigenvalue weighted by Crippen LogP contribution is 2.28. The van der Waals surface area contributed by atoms with Gasteiger partial charge in [0.2, 0.25) is 4.96 Å². The topological polar surface area (TPSA) is 101 Å². The molecule has 0 spiro atoms. The second-order valence-electron chi connectivity index (χ2n) is 6.95. The fourth-order valence-corrected chi connectivity index (χ4v) is 4.23. The third-order valence-electron chi connectivity index (χ3n) is 4.98. The molecule has 9 nitrogen and oxygen atoms in total. The van der Waals surface area contributed by atoms with Gasteiger partial charge in [0.1, 0.15) is 5.69 Å². The second kappa shape index (κ2) is 9.29. The summed E-state index contributed by atoms with van der Waals surface area (Å²) in [4.78, 5) is 29.8. The Morgan fingerprint density at radius 3 is 2.18 bits per heavy atom. The van der Waals surface area contributed by atoms with E-state index in [2.05, 4.69) is 10.1 Å². The van der Waals surface area contributed by atoms with E-state index >= 15 is 0 Å². The number of benzene rings is 2. The minimum Gasteiger partial charge on any atom is -0.493 e. The lowest BCUT2D eigenvalue weighted by atomic mass is 10.1. The Kier molecular flexibility index (Phi) is 6.27. The largest absolute Gasteiger partial charge is 0.493 e. The second-order valence-corrected chi connectivity index (χ2v) is 7.96. The average molecular weight is 468 g/mol. The fraction of sp³-hybridized carbons (Fsp3) is 0.217. The Labute approximate surface area is 192 Å². The van der Waals surface area contributed by atoms with Crippen molar-refractivity contribution in [1.29, 1.82) is 0 Å². The third kappa shape index (κ3) is 4.37. The molecule has 0 aliphatic carbocycles. The lowest BCUT2D eigenvalue weighted by Crippen LogP contribution is -2.28. The van der Waals surface area contributed by atoms with Gasteiger partial charge in [0.05, 0.1) is 33.0 Å². The van der Waals surface area contributed by atoms with Crippen LogP contribution < -0.4 is 34.6 Å². The third-order valence-corrected chi connectivity index (χ3v) is 5.93. The van der Waals surface area contributed by atoms with Crippen molar-refractivity contribution in [2.75, 3.05) is 28.4 Å². The van der Waals surface area contributed by atoms with Crippen LogP contribution >= 0.6 is 11.3 Å². The van der Waals surface area contributed by atoms with Crippen LogP contribution in [0.1, 0.15) is 16.8 Å². The normalized spacial score (nSPS) is 11.6. The van der Waals surface area contributed by atoms with Crippen molar-refractivity contribution >= 4 is 22.4 Å². The number of hydrogen-bond acceptors (Lipinski definition) is 9. The molecule has 0 aliphatic heterocycles. The predicted molar refractivity (Wildman–Crippen MR) is 124 cm³/mol. The minimum absolute atomic E-state index is 0.160. The van der Waals surface area contributed by atoms with E-state index in [1.54, 1.807) is 63.8 Å². The highest BCUT2D eigenvalue weighted by atomic mass is 32.1. The Hall–Kier alpha value is -3.92. The van der Waals surface area contributed by atoms with Gasteiger partial charge in [-0.25, -0.2) is 0 Å². The van der Waals surface area contributed by atoms with Crippen LogP contribution in [0.15, 0.2) is 46.0 Å². The Morgan fingerprint density at radius 2 is 1.52 bits per heavy atom. The summed E-state index contributed by atoms with van der Waals surface area (Å²) in [6, 6.07) is 10.6. The van der Waals surface area contributed by atoms with Gasteiger partial charge in [0.25, 0.3) is 11.1 Å². The van der Waals surface area contributed by atoms with Crippen molar-refractivity contribution in [3.05, 3.63) is 78.5 Å². The molecular formula is C23H21N3O6S. The summed E-state index contributed by atoms with van der Waals surface area (Å²) in [5.74, 6) is 2.25. The summed E-state index contributed by atoms with van der Waals surface area (Å²) < 4.78 is 22.7. The summed E-state index contributed by atoms with van der Waals surface area (Å²) in [5, 5.41) is 4.29. The minimum atomic E-state index is -0.483. The zero-order valence-corrected chi connectivity index (χ0v) is 19.3. The van der Waals surface area contributed by atoms with Gasteiger partial charge in [-0.05, 0) is 41.5 Å². The van der Waals surface area contributed by atoms with Crippen molar-refractivity contribution in [2.45, 2.75) is 6.42 Å². The van der Waals surface area contributed by atoms with Crippen LogP contribution in [0.2, 0.25) is 0 Å². The van der Waals surface area contributed by atoms with Crippen LogP contribution in [0.25, 0.3) is 11.0 Å². The van der Waals surface area contributed by atoms with Gasteiger partial charge in [-0.3, -0.25) is 9.59 Å². The molecular weight excluding hydrogens is 446 g/mol. The molecule has 0 saturated carbocycles. The quantitative estimate of drug-likeness (QED) is 0.405. The van der Waals surface area contributed by atoms with Gasteiger partial charge in [-0.15, -0.1) is 0 Å². The highest BCUT2D eigenvalue weighted by Gasteiger charge is 2.13. The molecule has 0 radical (unpaired) electrons. The molecule has 0 bridgehead atoms. The van der Waals surface area contributed by atoms with E-state index in [-0.39, 0.29) is 22.6 Å². The summed E-state index contributed by atoms with van der Waals surface area (Å²) in [5.41, 5.74) is 0.838. The lowest BCUT2D eigenvalue weighted by Gasteiger charge is -2.09. The summed E-state index contributed by atoms with van der Waals surface area (Å²) in [6.45, 7) is 0. The molecule has 0 saturated heterocycles. The molecule has 4 aromatic rings. The van der Waals surface area contributed by atoms with Crippen LogP contribution in [-0.2, 0) is 6.42 Å². The van der Waals surface area contributed by atoms with Crippen LogP contribution in [0.4, 0.5) is 0 Å². The summed E-state index contributed by atoms with van der Waals surface area (Å²) in [6.07, 6.45) is 1.89. The van der Waals surface area contributed by atoms with E-state index in [4.69, 9.17) is 18.9 Å². The lowest BCUT2D eigenvalue weighted by molar-refractivity contribution is 0.354. The van der Waals surface area contributed by atoms with Crippen molar-refractivity contribution in [1.82, 2.24) is 14.6 Å². The molecule has 2 aromatic carbocycles. The van der Waals surface area contributed by atoms with Gasteiger partial charge in [-0.2, -0.15) is 14.6 Å². The van der Waals surface area contributed by atoms with E-state index < -0.39 is 5.56 Å². The number of thiazole rings is 1. The van der Waals surface area contributed by atoms with E-state index in [0.717, 1.165) is 27.0 Å². The fourth-order valence-electron chi connectivity index (χ4n) is 3.33. The molecule has 0 N–H and O–H groups in total. The van der Waals surface area contributed by atoms with Crippen molar-refractivity contribution in [3.63, 3.8) is 0 Å². The number of ether oxygens (including phenoxy) is 4. The number of hydrogen-bond donors (Lipinski definition) is 0. The smallest absolute Gasteiger partial charge is 0.296 e. The maximum atomic E-state index is 13.0. The van der Waals surface area contributed by atoms with Gasteiger partial charge in [0, 0.05) is 6.42 Å². The first kappa shape index (κ1) is 22.3. The Balaban J connectivity index is 1.75. The van der Waals surface area contributed by atoms with Crippen LogP contribution in [0, 0.1) is 0 Å². The maximum Gasteiger partial charge on any atom is 0.296 e. The number of aromatic nitrogens is 3. The monoisotopic (exact) mass is 467 g/mol. The molecule has 0 aliphatic rings. The molecule has 0 fully saturated rings. The SMILES string of the molecule is COc1ccc(/C=c2\sc3nc(=O)c(Cc4ccc(OC)c(OC)c4)nn3c2=O)cc1OC. The Morgan fingerprint density at radius 1 is 0.879 bits per heavy atom. The van der Waals surface area contributed by atoms with Crippen LogP contribution in [0.5, 0.6) is 23.0 Å². The van der Waals surface area contributed by atoms with Gasteiger partial charge in [0.15, 0.2) is 23.0 Å². The molecule has 0 unspecified atom stereocenters. The molecule has 0 amide bonds. The molecule has 170 valence electrons. The maximum absolute atomic E-state index is 13.0. The summed E-state index contributed by atoms with van der Waals surface area (Å²) >= 11 is 1.10. The van der Waals surface area contributed by atoms with Gasteiger partial charge < -0.3 is 18.9 Å². The van der Waals surface area contributed by atoms with E-state index in [9.17, 15) is 9.59 Å². The standard InChI is InChI=1S/C23H21N3O6S/c1-29-16-7-5-13(10-18(16)31-3)9-15-21(27)24-23-26(25-15)22(28)20(33-23)12-14-6-8-17(30-2)19(11-14)32-4/h5-8,10-12H,9H2,1-4H3/b20-12-. The van der Waals surface area contributed by atoms with Gasteiger partial charge in [-0.1, -0.05) is 23.5 Å². The molecule has 0 atom stereocenters. The zero-order chi connectivity index (χ0) is 23.5. The predicted octanol–water partition coefficient (Wildman–Crippen LogP) is 1.68. The Bertz CT molecular complexity index is 1490. The summed E-state index contributed by atoms with van der Waals surface area (Å²) in [7, 11) is 6.18. The molecule has 2 heterocycles. The van der Waals surface area contributed by atoms with Gasteiger partial charge >= 0.3 is 0 Å². The zero-order valence-electron chi connectivity index (χ0n) is 18.4. The number of fused-ring (bicyclic) bond motifs is 1. The van der Waals surface area contributed by atoms with E-state index in [0.29, 0.717) is 27.5 Å². The first-order chi connectivity index (χ1) is 16.0. The number of rotatable bonds is 7. The van der Waals surface area contributed by atoms with Crippen molar-refractivity contribution in [3.8, 4) is 23.0 Å². The molecule has 4 rings (SSSR count). The molecule has 2 aromatic heterocycles. The highest BCUT2D eigenvalue weighted by molar-refractivity contribution is 7.15. The molecule has 10 heteroatoms. The van der Waals surface area contributed by atoms with Crippen LogP contribution in [0.3, 0.4) is 0 Å². The van der Waals surface area contributed by atoms with E-state index in [1.807, 2.05) is 0 Å². The van der Waals surface area contributed by atoms with Crippen molar-refractivity contribution in [2.24, 2.45) is 0 Å². The van der Waals surface area contributed by atoms with Crippen molar-refractivity contribution < 1.29 is 18.9 Å². The average Bonchev–Trinajstić information content (AvgIpc) is 3.12.